The summed E-state index contributed by atoms with van der Waals surface area (Å²) in [5, 5.41) is 0. The number of nitrogens with zero attached hydrogens (tertiary/aromatic N) is 3. The van der Waals surface area contributed by atoms with Gasteiger partial charge in [-0.15, -0.1) is 0 Å². The molecular weight excluding hydrogens is 340 g/mol. The second kappa shape index (κ2) is 7.35. The third-order valence-electron chi connectivity index (χ3n) is 4.61. The summed E-state index contributed by atoms with van der Waals surface area (Å²) in [5.74, 6) is -0.903. The minimum Gasteiger partial charge on any atom is -0.447 e. The number of halogens is 2. The molecule has 1 aromatic heterocycles. The van der Waals surface area contributed by atoms with Crippen molar-refractivity contribution in [1.82, 2.24) is 9.97 Å². The first-order chi connectivity index (χ1) is 12.4. The Kier molecular flexibility index (Phi) is 5.15. The third kappa shape index (κ3) is 3.52. The average Bonchev–Trinajstić information content (AvgIpc) is 2.99. The Hall–Kier alpha value is -2.57. The lowest BCUT2D eigenvalue weighted by Gasteiger charge is -2.23. The lowest BCUT2D eigenvalue weighted by molar-refractivity contribution is 0.177. The second-order valence-corrected chi connectivity index (χ2v) is 6.84. The van der Waals surface area contributed by atoms with Crippen molar-refractivity contribution < 1.29 is 18.3 Å². The predicted octanol–water partition coefficient (Wildman–Crippen LogP) is 4.08. The quantitative estimate of drug-likeness (QED) is 0.805. The van der Waals surface area contributed by atoms with Crippen LogP contribution in [0.15, 0.2) is 30.5 Å². The van der Waals surface area contributed by atoms with Crippen LogP contribution in [0.3, 0.4) is 0 Å². The molecule has 2 aromatic rings. The molecule has 7 heteroatoms. The van der Waals surface area contributed by atoms with Crippen molar-refractivity contribution in [3.05, 3.63) is 53.5 Å². The Morgan fingerprint density at radius 3 is 2.77 bits per heavy atom. The third-order valence-corrected chi connectivity index (χ3v) is 4.61. The molecule has 5 nitrogen and oxygen atoms in total. The number of ether oxygens (including phenoxy) is 1. The smallest absolute Gasteiger partial charge is 0.415 e. The fourth-order valence-corrected chi connectivity index (χ4v) is 3.10. The van der Waals surface area contributed by atoms with Gasteiger partial charge in [0.2, 0.25) is 0 Å². The molecule has 26 heavy (non-hydrogen) atoms. The molecule has 0 saturated carbocycles. The van der Waals surface area contributed by atoms with E-state index in [2.05, 4.69) is 9.97 Å². The Balaban J connectivity index is 1.83. The van der Waals surface area contributed by atoms with E-state index in [1.54, 1.807) is 25.3 Å². The number of hydrogen-bond donors (Lipinski definition) is 0. The van der Waals surface area contributed by atoms with E-state index in [9.17, 15) is 13.6 Å². The van der Waals surface area contributed by atoms with Crippen LogP contribution < -0.4 is 4.90 Å². The summed E-state index contributed by atoms with van der Waals surface area (Å²) in [7, 11) is 0. The summed E-state index contributed by atoms with van der Waals surface area (Å²) < 4.78 is 32.6. The number of carbonyl (C=O) groups is 1. The highest BCUT2D eigenvalue weighted by atomic mass is 19.2. The number of hydrogen-bond acceptors (Lipinski definition) is 4. The minimum absolute atomic E-state index is 0.0941. The Labute approximate surface area is 151 Å². The molecule has 2 heterocycles. The van der Waals surface area contributed by atoms with Gasteiger partial charge in [-0.2, -0.15) is 0 Å². The first-order valence-electron chi connectivity index (χ1n) is 8.60. The number of rotatable bonds is 5. The Morgan fingerprint density at radius 1 is 1.27 bits per heavy atom. The molecule has 0 radical (unpaired) electrons. The number of benzene rings is 1. The van der Waals surface area contributed by atoms with Crippen LogP contribution >= 0.6 is 0 Å². The van der Waals surface area contributed by atoms with E-state index in [1.807, 2.05) is 13.8 Å². The van der Waals surface area contributed by atoms with Crippen molar-refractivity contribution >= 4 is 11.9 Å². The van der Waals surface area contributed by atoms with Crippen molar-refractivity contribution in [2.75, 3.05) is 11.5 Å². The largest absolute Gasteiger partial charge is 0.447 e. The van der Waals surface area contributed by atoms with E-state index < -0.39 is 17.7 Å². The summed E-state index contributed by atoms with van der Waals surface area (Å²) in [4.78, 5) is 22.3. The molecule has 1 fully saturated rings. The monoisotopic (exact) mass is 361 g/mol. The van der Waals surface area contributed by atoms with Crippen molar-refractivity contribution in [3.63, 3.8) is 0 Å². The van der Waals surface area contributed by atoms with E-state index in [0.29, 0.717) is 24.7 Å². The summed E-state index contributed by atoms with van der Waals surface area (Å²) in [5.41, 5.74) is 0.277. The molecule has 1 aliphatic rings. The van der Waals surface area contributed by atoms with Gasteiger partial charge in [0.15, 0.2) is 11.6 Å². The zero-order valence-electron chi connectivity index (χ0n) is 14.9. The maximum atomic E-state index is 14.0. The van der Waals surface area contributed by atoms with E-state index >= 15 is 0 Å². The van der Waals surface area contributed by atoms with Crippen molar-refractivity contribution in [1.29, 1.82) is 0 Å². The lowest BCUT2D eigenvalue weighted by Crippen LogP contribution is -2.37. The molecule has 1 aromatic carbocycles. The van der Waals surface area contributed by atoms with Crippen LogP contribution in [0, 0.1) is 17.6 Å². The first kappa shape index (κ1) is 18.2. The van der Waals surface area contributed by atoms with Gasteiger partial charge >= 0.3 is 6.09 Å². The molecule has 1 saturated heterocycles. The van der Waals surface area contributed by atoms with E-state index in [0.717, 1.165) is 6.07 Å². The summed E-state index contributed by atoms with van der Waals surface area (Å²) in [6.07, 6.45) is 1.45. The SMILES string of the molecule is CC(C)[C@H]1COC(=O)N1c1ccnc(C[C@@H](C)c2cccc(F)c2F)n1. The van der Waals surface area contributed by atoms with Gasteiger partial charge in [-0.05, 0) is 29.5 Å². The summed E-state index contributed by atoms with van der Waals surface area (Å²) in [6, 6.07) is 5.68. The van der Waals surface area contributed by atoms with E-state index in [1.165, 1.54) is 11.0 Å². The van der Waals surface area contributed by atoms with Gasteiger partial charge in [0.1, 0.15) is 18.2 Å². The van der Waals surface area contributed by atoms with Gasteiger partial charge in [-0.3, -0.25) is 4.90 Å². The van der Waals surface area contributed by atoms with Crippen LogP contribution in [0.4, 0.5) is 19.4 Å². The number of aromatic nitrogens is 2. The van der Waals surface area contributed by atoms with E-state index in [4.69, 9.17) is 4.74 Å². The summed E-state index contributed by atoms with van der Waals surface area (Å²) >= 11 is 0. The fraction of sp³-hybridized carbons (Fsp3) is 0.421. The number of amides is 1. The van der Waals surface area contributed by atoms with Crippen LogP contribution in [0.25, 0.3) is 0 Å². The fourth-order valence-electron chi connectivity index (χ4n) is 3.10. The second-order valence-electron chi connectivity index (χ2n) is 6.84. The maximum absolute atomic E-state index is 14.0. The van der Waals surface area contributed by atoms with Gasteiger partial charge in [0, 0.05) is 12.6 Å². The highest BCUT2D eigenvalue weighted by Crippen LogP contribution is 2.27. The first-order valence-corrected chi connectivity index (χ1v) is 8.60. The highest BCUT2D eigenvalue weighted by Gasteiger charge is 2.37. The molecule has 138 valence electrons. The Bertz CT molecular complexity index is 813. The molecule has 0 unspecified atom stereocenters. The topological polar surface area (TPSA) is 55.3 Å². The maximum Gasteiger partial charge on any atom is 0.415 e. The van der Waals surface area contributed by atoms with Crippen molar-refractivity contribution in [3.8, 4) is 0 Å². The molecule has 2 atom stereocenters. The number of carbonyl (C=O) groups excluding carboxylic acids is 1. The van der Waals surface area contributed by atoms with Crippen LogP contribution in [0.5, 0.6) is 0 Å². The van der Waals surface area contributed by atoms with Crippen LogP contribution in [-0.4, -0.2) is 28.7 Å². The molecule has 3 rings (SSSR count). The van der Waals surface area contributed by atoms with Gasteiger partial charge in [0.05, 0.1) is 6.04 Å². The number of cyclic esters (lactones) is 1. The van der Waals surface area contributed by atoms with Gasteiger partial charge < -0.3 is 4.74 Å². The molecule has 1 aliphatic heterocycles. The molecular formula is C19H21F2N3O2. The normalized spacial score (nSPS) is 18.3. The standard InChI is InChI=1S/C19H21F2N3O2/c1-11(2)15-10-26-19(25)24(15)17-7-8-22-16(23-17)9-12(3)13-5-4-6-14(20)18(13)21/h4-8,11-12,15H,9-10H2,1-3H3/t12-,15-/m1/s1. The van der Waals surface area contributed by atoms with Crippen molar-refractivity contribution in [2.24, 2.45) is 5.92 Å². The molecule has 0 N–H and O–H groups in total. The van der Waals surface area contributed by atoms with Crippen LogP contribution in [0.2, 0.25) is 0 Å². The van der Waals surface area contributed by atoms with Crippen molar-refractivity contribution in [2.45, 2.75) is 39.2 Å². The highest BCUT2D eigenvalue weighted by molar-refractivity contribution is 5.89. The molecule has 0 aliphatic carbocycles. The molecule has 0 bridgehead atoms. The Morgan fingerprint density at radius 2 is 2.04 bits per heavy atom. The molecule has 1 amide bonds. The average molecular weight is 361 g/mol. The van der Waals surface area contributed by atoms with Crippen LogP contribution in [-0.2, 0) is 11.2 Å². The zero-order valence-corrected chi connectivity index (χ0v) is 14.9. The van der Waals surface area contributed by atoms with Gasteiger partial charge in [-0.25, -0.2) is 23.5 Å². The van der Waals surface area contributed by atoms with Gasteiger partial charge in [-0.1, -0.05) is 32.9 Å². The lowest BCUT2D eigenvalue weighted by atomic mass is 9.96. The minimum atomic E-state index is -0.872. The van der Waals surface area contributed by atoms with Gasteiger partial charge in [0.25, 0.3) is 0 Å². The number of anilines is 1. The zero-order chi connectivity index (χ0) is 18.8. The predicted molar refractivity (Wildman–Crippen MR) is 93.0 cm³/mol. The van der Waals surface area contributed by atoms with E-state index in [-0.39, 0.29) is 23.4 Å². The summed E-state index contributed by atoms with van der Waals surface area (Å²) in [6.45, 7) is 6.13. The molecule has 0 spiro atoms. The van der Waals surface area contributed by atoms with Crippen LogP contribution in [0.1, 0.15) is 38.1 Å².